The van der Waals surface area contributed by atoms with Crippen molar-refractivity contribution >= 4 is 33.8 Å². The van der Waals surface area contributed by atoms with Crippen LogP contribution in [0.15, 0.2) is 36.4 Å². The molecule has 0 bridgehead atoms. The van der Waals surface area contributed by atoms with E-state index in [0.717, 1.165) is 5.75 Å². The summed E-state index contributed by atoms with van der Waals surface area (Å²) < 4.78 is 5.11. The normalized spacial score (nSPS) is 8.64. The quantitative estimate of drug-likeness (QED) is 0.452. The SMILES string of the molecule is COc1ccc2c[c-]ccc2c1.[Cl-].[Mg+2]. The molecule has 0 unspecified atom stereocenters. The van der Waals surface area contributed by atoms with Crippen LogP contribution in [0.4, 0.5) is 0 Å². The molecule has 0 fully saturated rings. The Bertz CT molecular complexity index is 403. The van der Waals surface area contributed by atoms with Gasteiger partial charge in [-0.15, -0.1) is 16.8 Å². The molecule has 14 heavy (non-hydrogen) atoms. The molecule has 2 aromatic rings. The molecule has 3 heteroatoms. The molecule has 0 N–H and O–H groups in total. The van der Waals surface area contributed by atoms with Gasteiger partial charge in [0, 0.05) is 0 Å². The van der Waals surface area contributed by atoms with Crippen molar-refractivity contribution in [3.05, 3.63) is 42.5 Å². The first-order chi connectivity index (χ1) is 5.90. The average Bonchev–Trinajstić information content (AvgIpc) is 2.17. The molecule has 0 radical (unpaired) electrons. The van der Waals surface area contributed by atoms with Crippen molar-refractivity contribution in [1.82, 2.24) is 0 Å². The van der Waals surface area contributed by atoms with Gasteiger partial charge in [0.2, 0.25) is 0 Å². The Labute approximate surface area is 106 Å². The predicted molar refractivity (Wildman–Crippen MR) is 55.1 cm³/mol. The molecular formula is C11H9ClMgO. The summed E-state index contributed by atoms with van der Waals surface area (Å²) in [4.78, 5) is 0. The molecule has 0 saturated heterocycles. The topological polar surface area (TPSA) is 9.23 Å². The molecule has 2 aromatic carbocycles. The van der Waals surface area contributed by atoms with Crippen LogP contribution >= 0.6 is 0 Å². The molecule has 68 valence electrons. The number of methoxy groups -OCH3 is 1. The molecule has 0 amide bonds. The predicted octanol–water partition coefficient (Wildman–Crippen LogP) is -0.728. The van der Waals surface area contributed by atoms with E-state index >= 15 is 0 Å². The molecule has 0 aliphatic carbocycles. The number of rotatable bonds is 1. The second kappa shape index (κ2) is 6.12. The molecule has 0 atom stereocenters. The van der Waals surface area contributed by atoms with Gasteiger partial charge in [-0.1, -0.05) is 0 Å². The number of fused-ring (bicyclic) bond motifs is 1. The summed E-state index contributed by atoms with van der Waals surface area (Å²) in [6.45, 7) is 0. The van der Waals surface area contributed by atoms with E-state index in [4.69, 9.17) is 4.74 Å². The van der Waals surface area contributed by atoms with Crippen LogP contribution in [0.5, 0.6) is 5.75 Å². The van der Waals surface area contributed by atoms with Crippen LogP contribution in [-0.2, 0) is 0 Å². The van der Waals surface area contributed by atoms with Crippen molar-refractivity contribution < 1.29 is 17.1 Å². The minimum atomic E-state index is 0. The first kappa shape index (κ1) is 13.6. The minimum absolute atomic E-state index is 0. The van der Waals surface area contributed by atoms with Gasteiger partial charge in [-0.25, -0.2) is 0 Å². The monoisotopic (exact) mass is 216 g/mol. The Morgan fingerprint density at radius 3 is 2.64 bits per heavy atom. The second-order valence-corrected chi connectivity index (χ2v) is 2.64. The summed E-state index contributed by atoms with van der Waals surface area (Å²) in [5, 5.41) is 2.38. The van der Waals surface area contributed by atoms with Crippen LogP contribution in [-0.4, -0.2) is 30.2 Å². The Morgan fingerprint density at radius 2 is 1.93 bits per heavy atom. The summed E-state index contributed by atoms with van der Waals surface area (Å²) in [5.74, 6) is 0.897. The zero-order chi connectivity index (χ0) is 8.39. The van der Waals surface area contributed by atoms with Crippen molar-refractivity contribution in [2.75, 3.05) is 7.11 Å². The first-order valence-electron chi connectivity index (χ1n) is 3.84. The van der Waals surface area contributed by atoms with Gasteiger partial charge in [0.05, 0.1) is 7.11 Å². The zero-order valence-corrected chi connectivity index (χ0v) is 10.1. The van der Waals surface area contributed by atoms with Crippen molar-refractivity contribution in [3.63, 3.8) is 0 Å². The number of ether oxygens (including phenoxy) is 1. The fourth-order valence-electron chi connectivity index (χ4n) is 1.23. The van der Waals surface area contributed by atoms with E-state index < -0.39 is 0 Å². The van der Waals surface area contributed by atoms with Gasteiger partial charge in [-0.3, -0.25) is 0 Å². The van der Waals surface area contributed by atoms with Gasteiger partial charge in [0.15, 0.2) is 0 Å². The number of halogens is 1. The summed E-state index contributed by atoms with van der Waals surface area (Å²) >= 11 is 0. The van der Waals surface area contributed by atoms with Crippen LogP contribution in [0.1, 0.15) is 0 Å². The third kappa shape index (κ3) is 2.77. The molecule has 0 heterocycles. The molecule has 0 spiro atoms. The van der Waals surface area contributed by atoms with Gasteiger partial charge < -0.3 is 17.1 Å². The smallest absolute Gasteiger partial charge is 1.00 e. The van der Waals surface area contributed by atoms with E-state index in [1.54, 1.807) is 7.11 Å². The first-order valence-corrected chi connectivity index (χ1v) is 3.84. The summed E-state index contributed by atoms with van der Waals surface area (Å²) in [6, 6.07) is 14.9. The Balaban J connectivity index is 0.000000845. The van der Waals surface area contributed by atoms with Gasteiger partial charge in [0.25, 0.3) is 0 Å². The van der Waals surface area contributed by atoms with Crippen molar-refractivity contribution in [2.45, 2.75) is 0 Å². The minimum Gasteiger partial charge on any atom is -1.00 e. The largest absolute Gasteiger partial charge is 2.00 e. The summed E-state index contributed by atoms with van der Waals surface area (Å²) in [7, 11) is 1.68. The Morgan fingerprint density at radius 1 is 1.14 bits per heavy atom. The summed E-state index contributed by atoms with van der Waals surface area (Å²) in [6.07, 6.45) is 0. The molecule has 0 aromatic heterocycles. The number of hydrogen-bond donors (Lipinski definition) is 0. The molecular weight excluding hydrogens is 208 g/mol. The van der Waals surface area contributed by atoms with E-state index in [1.807, 2.05) is 36.4 Å². The molecule has 0 saturated carbocycles. The van der Waals surface area contributed by atoms with Gasteiger partial charge >= 0.3 is 23.1 Å². The van der Waals surface area contributed by atoms with Gasteiger partial charge in [0.1, 0.15) is 5.75 Å². The van der Waals surface area contributed by atoms with Crippen LogP contribution in [0.3, 0.4) is 0 Å². The van der Waals surface area contributed by atoms with Crippen molar-refractivity contribution in [1.29, 1.82) is 0 Å². The second-order valence-electron chi connectivity index (χ2n) is 2.64. The molecule has 1 nitrogen and oxygen atoms in total. The maximum atomic E-state index is 5.11. The standard InChI is InChI=1S/C11H9O.ClH.Mg/c1-12-11-7-6-9-4-2-3-5-10(9)8-11;;/h3-8H,1H3;1H;/q-1;;+2/p-1. The van der Waals surface area contributed by atoms with Crippen molar-refractivity contribution in [3.8, 4) is 5.75 Å². The van der Waals surface area contributed by atoms with Crippen LogP contribution in [0, 0.1) is 6.07 Å². The average molecular weight is 217 g/mol. The Kier molecular flexibility index (Phi) is 5.92. The third-order valence-corrected chi connectivity index (χ3v) is 1.89. The van der Waals surface area contributed by atoms with E-state index in [-0.39, 0.29) is 35.5 Å². The number of benzene rings is 2. The summed E-state index contributed by atoms with van der Waals surface area (Å²) in [5.41, 5.74) is 0. The maximum absolute atomic E-state index is 5.11. The van der Waals surface area contributed by atoms with E-state index in [0.29, 0.717) is 0 Å². The fraction of sp³-hybridized carbons (Fsp3) is 0.0909. The van der Waals surface area contributed by atoms with E-state index in [9.17, 15) is 0 Å². The third-order valence-electron chi connectivity index (χ3n) is 1.89. The Hall–Kier alpha value is -0.444. The van der Waals surface area contributed by atoms with Gasteiger partial charge in [-0.2, -0.15) is 24.3 Å². The molecule has 0 aliphatic rings. The maximum Gasteiger partial charge on any atom is 2.00 e. The molecule has 0 aliphatic heterocycles. The van der Waals surface area contributed by atoms with Gasteiger partial charge in [-0.05, 0) is 12.1 Å². The fourth-order valence-corrected chi connectivity index (χ4v) is 1.23. The molecule has 2 rings (SSSR count). The van der Waals surface area contributed by atoms with E-state index in [1.165, 1.54) is 10.8 Å². The van der Waals surface area contributed by atoms with Crippen LogP contribution < -0.4 is 17.1 Å². The van der Waals surface area contributed by atoms with Crippen LogP contribution in [0.25, 0.3) is 10.8 Å². The zero-order valence-electron chi connectivity index (χ0n) is 7.96. The van der Waals surface area contributed by atoms with E-state index in [2.05, 4.69) is 6.07 Å². The van der Waals surface area contributed by atoms with Crippen LogP contribution in [0.2, 0.25) is 0 Å². The van der Waals surface area contributed by atoms with Crippen molar-refractivity contribution in [2.24, 2.45) is 0 Å². The number of hydrogen-bond acceptors (Lipinski definition) is 1.